The van der Waals surface area contributed by atoms with E-state index in [9.17, 15) is 13.2 Å². The van der Waals surface area contributed by atoms with Crippen molar-refractivity contribution in [1.29, 1.82) is 0 Å². The van der Waals surface area contributed by atoms with E-state index in [2.05, 4.69) is 14.8 Å². The van der Waals surface area contributed by atoms with Crippen LogP contribution in [-0.4, -0.2) is 41.0 Å². The van der Waals surface area contributed by atoms with Gasteiger partial charge in [-0.1, -0.05) is 29.8 Å². The molecule has 1 fully saturated rings. The number of benzene rings is 1. The van der Waals surface area contributed by atoms with Crippen molar-refractivity contribution in [3.05, 3.63) is 50.9 Å². The van der Waals surface area contributed by atoms with Gasteiger partial charge in [-0.25, -0.2) is 4.98 Å². The lowest BCUT2D eigenvalue weighted by molar-refractivity contribution is -0.137. The zero-order chi connectivity index (χ0) is 18.7. The molecule has 0 amide bonds. The van der Waals surface area contributed by atoms with E-state index in [0.717, 1.165) is 43.4 Å². The van der Waals surface area contributed by atoms with Crippen molar-refractivity contribution in [3.63, 3.8) is 0 Å². The zero-order valence-corrected chi connectivity index (χ0v) is 16.0. The average molecular weight is 404 g/mol. The monoisotopic (exact) mass is 403 g/mol. The first kappa shape index (κ1) is 19.6. The van der Waals surface area contributed by atoms with Crippen LogP contribution in [0.15, 0.2) is 30.5 Å². The molecule has 2 heterocycles. The Balaban J connectivity index is 1.51. The largest absolute Gasteiger partial charge is 0.416 e. The minimum atomic E-state index is -4.29. The van der Waals surface area contributed by atoms with E-state index in [1.165, 1.54) is 23.5 Å². The Morgan fingerprint density at radius 2 is 2.04 bits per heavy atom. The fourth-order valence-electron chi connectivity index (χ4n) is 3.36. The normalized spacial score (nSPS) is 17.2. The van der Waals surface area contributed by atoms with E-state index in [0.29, 0.717) is 22.6 Å². The molecular weight excluding hydrogens is 383 g/mol. The van der Waals surface area contributed by atoms with Crippen LogP contribution in [0.25, 0.3) is 0 Å². The predicted octanol–water partition coefficient (Wildman–Crippen LogP) is 4.91. The van der Waals surface area contributed by atoms with Gasteiger partial charge in [-0.2, -0.15) is 13.2 Å². The molecular formula is C18H21ClF3N3S. The van der Waals surface area contributed by atoms with Gasteiger partial charge in [0.1, 0.15) is 0 Å². The summed E-state index contributed by atoms with van der Waals surface area (Å²) >= 11 is 7.37. The topological polar surface area (TPSA) is 19.4 Å². The van der Waals surface area contributed by atoms with Gasteiger partial charge in [0.15, 0.2) is 4.47 Å². The molecule has 2 aromatic rings. The molecule has 1 saturated heterocycles. The number of aromatic nitrogens is 1. The van der Waals surface area contributed by atoms with E-state index < -0.39 is 11.7 Å². The van der Waals surface area contributed by atoms with Gasteiger partial charge in [0, 0.05) is 43.3 Å². The molecule has 1 aliphatic rings. The van der Waals surface area contributed by atoms with Crippen LogP contribution in [0.2, 0.25) is 4.47 Å². The van der Waals surface area contributed by atoms with Crippen LogP contribution in [0.1, 0.15) is 28.8 Å². The second-order valence-electron chi connectivity index (χ2n) is 6.70. The van der Waals surface area contributed by atoms with Gasteiger partial charge < -0.3 is 0 Å². The van der Waals surface area contributed by atoms with Gasteiger partial charge in [0.2, 0.25) is 0 Å². The maximum atomic E-state index is 12.9. The molecule has 0 aliphatic carbocycles. The highest BCUT2D eigenvalue weighted by atomic mass is 35.5. The SMILES string of the molecule is CN(Cc1cccc(C(F)(F)F)c1)C1CCN(Cc2cnc(Cl)s2)CC1. The van der Waals surface area contributed by atoms with Gasteiger partial charge in [-0.05, 0) is 31.5 Å². The smallest absolute Gasteiger partial charge is 0.299 e. The third-order valence-electron chi connectivity index (χ3n) is 4.77. The number of piperidine rings is 1. The lowest BCUT2D eigenvalue weighted by Gasteiger charge is -2.36. The fraction of sp³-hybridized carbons (Fsp3) is 0.500. The highest BCUT2D eigenvalue weighted by molar-refractivity contribution is 7.15. The summed E-state index contributed by atoms with van der Waals surface area (Å²) in [6.07, 6.45) is -0.470. The molecule has 0 radical (unpaired) electrons. The number of likely N-dealkylation sites (tertiary alicyclic amines) is 1. The molecule has 26 heavy (non-hydrogen) atoms. The maximum absolute atomic E-state index is 12.9. The first-order valence-electron chi connectivity index (χ1n) is 8.50. The van der Waals surface area contributed by atoms with E-state index in [-0.39, 0.29) is 0 Å². The molecule has 8 heteroatoms. The molecule has 0 N–H and O–H groups in total. The predicted molar refractivity (Wildman–Crippen MR) is 98.3 cm³/mol. The molecule has 0 spiro atoms. The van der Waals surface area contributed by atoms with Crippen LogP contribution in [0.5, 0.6) is 0 Å². The maximum Gasteiger partial charge on any atom is 0.416 e. The average Bonchev–Trinajstić information content (AvgIpc) is 3.00. The van der Waals surface area contributed by atoms with Gasteiger partial charge in [-0.3, -0.25) is 9.80 Å². The first-order chi connectivity index (χ1) is 12.3. The molecule has 1 aromatic heterocycles. The number of hydrogen-bond donors (Lipinski definition) is 0. The van der Waals surface area contributed by atoms with Crippen molar-refractivity contribution < 1.29 is 13.2 Å². The summed E-state index contributed by atoms with van der Waals surface area (Å²) in [5.74, 6) is 0. The Bertz CT molecular complexity index is 726. The van der Waals surface area contributed by atoms with Crippen molar-refractivity contribution >= 4 is 22.9 Å². The van der Waals surface area contributed by atoms with Crippen LogP contribution >= 0.6 is 22.9 Å². The Labute approximate surface area is 160 Å². The Morgan fingerprint density at radius 1 is 1.31 bits per heavy atom. The lowest BCUT2D eigenvalue weighted by Crippen LogP contribution is -2.42. The Kier molecular flexibility index (Phi) is 6.22. The van der Waals surface area contributed by atoms with Crippen molar-refractivity contribution in [2.75, 3.05) is 20.1 Å². The molecule has 1 aliphatic heterocycles. The molecule has 142 valence electrons. The van der Waals surface area contributed by atoms with Gasteiger partial charge in [0.25, 0.3) is 0 Å². The van der Waals surface area contributed by atoms with Crippen molar-refractivity contribution in [2.45, 2.75) is 38.1 Å². The van der Waals surface area contributed by atoms with Crippen molar-refractivity contribution in [3.8, 4) is 0 Å². The molecule has 3 nitrogen and oxygen atoms in total. The molecule has 0 atom stereocenters. The second kappa shape index (κ2) is 8.25. The minimum Gasteiger partial charge on any atom is -0.299 e. The summed E-state index contributed by atoms with van der Waals surface area (Å²) in [6, 6.07) is 5.99. The minimum absolute atomic E-state index is 0.380. The van der Waals surface area contributed by atoms with Gasteiger partial charge in [-0.15, -0.1) is 11.3 Å². The van der Waals surface area contributed by atoms with E-state index in [1.54, 1.807) is 6.07 Å². The van der Waals surface area contributed by atoms with E-state index in [1.807, 2.05) is 13.2 Å². The van der Waals surface area contributed by atoms with E-state index >= 15 is 0 Å². The standard InChI is InChI=1S/C18H21ClF3N3S/c1-24(11-13-3-2-4-14(9-13)18(20,21)22)15-5-7-25(8-6-15)12-16-10-23-17(19)26-16/h2-4,9-10,15H,5-8,11-12H2,1H3. The summed E-state index contributed by atoms with van der Waals surface area (Å²) in [4.78, 5) is 9.76. The van der Waals surface area contributed by atoms with Gasteiger partial charge in [0.05, 0.1) is 5.56 Å². The zero-order valence-electron chi connectivity index (χ0n) is 14.5. The quantitative estimate of drug-likeness (QED) is 0.707. The Hall–Kier alpha value is -1.15. The van der Waals surface area contributed by atoms with Crippen LogP contribution in [0, 0.1) is 0 Å². The highest BCUT2D eigenvalue weighted by Gasteiger charge is 2.30. The number of halogens is 4. The number of rotatable bonds is 5. The van der Waals surface area contributed by atoms with Crippen molar-refractivity contribution in [1.82, 2.24) is 14.8 Å². The second-order valence-corrected chi connectivity index (χ2v) is 8.40. The van der Waals surface area contributed by atoms with Gasteiger partial charge >= 0.3 is 6.18 Å². The first-order valence-corrected chi connectivity index (χ1v) is 9.69. The summed E-state index contributed by atoms with van der Waals surface area (Å²) in [6.45, 7) is 3.31. The summed E-state index contributed by atoms with van der Waals surface area (Å²) in [5.41, 5.74) is 0.116. The number of alkyl halides is 3. The van der Waals surface area contributed by atoms with E-state index in [4.69, 9.17) is 11.6 Å². The molecule has 3 rings (SSSR count). The summed E-state index contributed by atoms with van der Waals surface area (Å²) in [7, 11) is 1.99. The van der Waals surface area contributed by atoms with Crippen LogP contribution in [-0.2, 0) is 19.3 Å². The third kappa shape index (κ3) is 5.19. The fourth-order valence-corrected chi connectivity index (χ4v) is 4.38. The summed E-state index contributed by atoms with van der Waals surface area (Å²) in [5, 5.41) is 0. The van der Waals surface area contributed by atoms with Crippen molar-refractivity contribution in [2.24, 2.45) is 0 Å². The van der Waals surface area contributed by atoms with Crippen LogP contribution in [0.4, 0.5) is 13.2 Å². The van der Waals surface area contributed by atoms with Crippen LogP contribution < -0.4 is 0 Å². The molecule has 1 aromatic carbocycles. The number of thiazole rings is 1. The summed E-state index contributed by atoms with van der Waals surface area (Å²) < 4.78 is 39.1. The number of nitrogens with zero attached hydrogens (tertiary/aromatic N) is 3. The highest BCUT2D eigenvalue weighted by Crippen LogP contribution is 2.30. The number of hydrogen-bond acceptors (Lipinski definition) is 4. The third-order valence-corrected chi connectivity index (χ3v) is 5.87. The molecule has 0 bridgehead atoms. The lowest BCUT2D eigenvalue weighted by atomic mass is 10.0. The molecule has 0 unspecified atom stereocenters. The Morgan fingerprint density at radius 3 is 2.65 bits per heavy atom. The molecule has 0 saturated carbocycles. The van der Waals surface area contributed by atoms with Crippen LogP contribution in [0.3, 0.4) is 0 Å².